The van der Waals surface area contributed by atoms with E-state index < -0.39 is 0 Å². The molecule has 0 aliphatic rings. The number of halogens is 1. The van der Waals surface area contributed by atoms with Gasteiger partial charge in [0.1, 0.15) is 6.61 Å². The van der Waals surface area contributed by atoms with E-state index in [0.717, 1.165) is 33.4 Å². The van der Waals surface area contributed by atoms with Crippen LogP contribution in [0.2, 0.25) is 5.02 Å². The highest BCUT2D eigenvalue weighted by atomic mass is 35.5. The predicted octanol–water partition coefficient (Wildman–Crippen LogP) is 4.48. The summed E-state index contributed by atoms with van der Waals surface area (Å²) in [5.41, 5.74) is 2.13. The number of ether oxygens (including phenoxy) is 1. The fourth-order valence-electron chi connectivity index (χ4n) is 2.01. The van der Waals surface area contributed by atoms with Crippen molar-refractivity contribution in [2.24, 2.45) is 0 Å². The molecule has 0 aliphatic heterocycles. The Bertz CT molecular complexity index is 607. The van der Waals surface area contributed by atoms with E-state index in [1.807, 2.05) is 38.1 Å². The normalized spacial score (nSPS) is 10.6. The summed E-state index contributed by atoms with van der Waals surface area (Å²) in [6.45, 7) is 4.22. The average molecular weight is 324 g/mol. The van der Waals surface area contributed by atoms with Crippen molar-refractivity contribution < 1.29 is 9.53 Å². The Morgan fingerprint density at radius 2 is 2.00 bits per heavy atom. The predicted molar refractivity (Wildman–Crippen MR) is 85.8 cm³/mol. The van der Waals surface area contributed by atoms with Crippen molar-refractivity contribution in [3.8, 4) is 0 Å². The van der Waals surface area contributed by atoms with Crippen molar-refractivity contribution in [3.63, 3.8) is 0 Å². The molecule has 112 valence electrons. The molecule has 5 heteroatoms. The van der Waals surface area contributed by atoms with Crippen LogP contribution in [0, 0.1) is 13.8 Å². The number of nitrogens with zero attached hydrogens (tertiary/aromatic N) is 1. The summed E-state index contributed by atoms with van der Waals surface area (Å²) in [6, 6.07) is 7.70. The van der Waals surface area contributed by atoms with Gasteiger partial charge in [0.15, 0.2) is 0 Å². The van der Waals surface area contributed by atoms with Crippen molar-refractivity contribution in [1.29, 1.82) is 0 Å². The number of hydrogen-bond acceptors (Lipinski definition) is 4. The molecule has 0 radical (unpaired) electrons. The molecule has 0 bridgehead atoms. The summed E-state index contributed by atoms with van der Waals surface area (Å²) in [4.78, 5) is 17.1. The van der Waals surface area contributed by atoms with Crippen molar-refractivity contribution >= 4 is 28.9 Å². The molecular formula is C16H18ClNO2S. The maximum atomic E-state index is 11.7. The third-order valence-electron chi connectivity index (χ3n) is 3.12. The number of esters is 1. The number of thiazole rings is 1. The SMILES string of the molecule is Cc1nc(C)c(COC(=O)CCCc2ccc(Cl)cc2)s1. The standard InChI is InChI=1S/C16H18ClNO2S/c1-11-15(21-12(2)18-11)10-20-16(19)5-3-4-13-6-8-14(17)9-7-13/h6-9H,3-5,10H2,1-2H3. The molecule has 0 amide bonds. The van der Waals surface area contributed by atoms with Crippen LogP contribution in [0.1, 0.15) is 34.0 Å². The van der Waals surface area contributed by atoms with Crippen molar-refractivity contribution in [2.45, 2.75) is 39.7 Å². The minimum atomic E-state index is -0.158. The van der Waals surface area contributed by atoms with Crippen molar-refractivity contribution in [3.05, 3.63) is 50.4 Å². The number of benzene rings is 1. The number of aromatic nitrogens is 1. The molecule has 2 rings (SSSR count). The zero-order chi connectivity index (χ0) is 15.2. The second-order valence-corrected chi connectivity index (χ2v) is 6.61. The fourth-order valence-corrected chi connectivity index (χ4v) is 2.99. The molecule has 0 unspecified atom stereocenters. The van der Waals surface area contributed by atoms with Gasteiger partial charge in [-0.1, -0.05) is 23.7 Å². The van der Waals surface area contributed by atoms with Gasteiger partial charge in [0.05, 0.1) is 15.6 Å². The van der Waals surface area contributed by atoms with E-state index >= 15 is 0 Å². The molecule has 1 heterocycles. The number of rotatable bonds is 6. The number of carbonyl (C=O) groups excluding carboxylic acids is 1. The molecule has 0 N–H and O–H groups in total. The van der Waals surface area contributed by atoms with Gasteiger partial charge in [-0.2, -0.15) is 0 Å². The lowest BCUT2D eigenvalue weighted by Crippen LogP contribution is -2.04. The van der Waals surface area contributed by atoms with E-state index in [0.29, 0.717) is 13.0 Å². The molecule has 3 nitrogen and oxygen atoms in total. The third-order valence-corrected chi connectivity index (χ3v) is 4.42. The van der Waals surface area contributed by atoms with Crippen LogP contribution in [-0.2, 0) is 22.6 Å². The van der Waals surface area contributed by atoms with Crippen LogP contribution in [0.15, 0.2) is 24.3 Å². The highest BCUT2D eigenvalue weighted by molar-refractivity contribution is 7.11. The number of hydrogen-bond donors (Lipinski definition) is 0. The van der Waals surface area contributed by atoms with Crippen LogP contribution >= 0.6 is 22.9 Å². The molecule has 0 fully saturated rings. The van der Waals surface area contributed by atoms with Gasteiger partial charge in [0.25, 0.3) is 0 Å². The second-order valence-electron chi connectivity index (χ2n) is 4.88. The Kier molecular flexibility index (Phi) is 5.76. The lowest BCUT2D eigenvalue weighted by atomic mass is 10.1. The summed E-state index contributed by atoms with van der Waals surface area (Å²) < 4.78 is 5.29. The molecule has 1 aromatic carbocycles. The summed E-state index contributed by atoms with van der Waals surface area (Å²) in [5.74, 6) is -0.158. The van der Waals surface area contributed by atoms with Gasteiger partial charge in [0, 0.05) is 11.4 Å². The first kappa shape index (κ1) is 16.0. The van der Waals surface area contributed by atoms with Crippen LogP contribution in [0.5, 0.6) is 0 Å². The molecule has 0 aliphatic carbocycles. The first-order chi connectivity index (χ1) is 10.0. The van der Waals surface area contributed by atoms with E-state index in [4.69, 9.17) is 16.3 Å². The van der Waals surface area contributed by atoms with Gasteiger partial charge >= 0.3 is 5.97 Å². The first-order valence-corrected chi connectivity index (χ1v) is 8.07. The molecule has 21 heavy (non-hydrogen) atoms. The zero-order valence-electron chi connectivity index (χ0n) is 12.2. The Labute approximate surface area is 133 Å². The topological polar surface area (TPSA) is 39.2 Å². The number of aryl methyl sites for hydroxylation is 3. The maximum absolute atomic E-state index is 11.7. The summed E-state index contributed by atoms with van der Waals surface area (Å²) in [7, 11) is 0. The molecule has 0 spiro atoms. The van der Waals surface area contributed by atoms with E-state index in [1.54, 1.807) is 11.3 Å². The fraction of sp³-hybridized carbons (Fsp3) is 0.375. The lowest BCUT2D eigenvalue weighted by molar-refractivity contribution is -0.144. The van der Waals surface area contributed by atoms with Gasteiger partial charge in [-0.3, -0.25) is 4.79 Å². The summed E-state index contributed by atoms with van der Waals surface area (Å²) >= 11 is 7.41. The number of carbonyl (C=O) groups is 1. The van der Waals surface area contributed by atoms with E-state index in [-0.39, 0.29) is 5.97 Å². The smallest absolute Gasteiger partial charge is 0.306 e. The Hall–Kier alpha value is -1.39. The largest absolute Gasteiger partial charge is 0.460 e. The maximum Gasteiger partial charge on any atom is 0.306 e. The molecule has 0 saturated heterocycles. The second kappa shape index (κ2) is 7.57. The van der Waals surface area contributed by atoms with Gasteiger partial charge in [0.2, 0.25) is 0 Å². The average Bonchev–Trinajstić information content (AvgIpc) is 2.77. The molecule has 2 aromatic rings. The third kappa shape index (κ3) is 5.14. The Morgan fingerprint density at radius 1 is 1.29 bits per heavy atom. The minimum Gasteiger partial charge on any atom is -0.460 e. The first-order valence-electron chi connectivity index (χ1n) is 6.87. The molecule has 0 atom stereocenters. The van der Waals surface area contributed by atoms with E-state index in [1.165, 1.54) is 5.56 Å². The lowest BCUT2D eigenvalue weighted by Gasteiger charge is -2.04. The van der Waals surface area contributed by atoms with E-state index in [2.05, 4.69) is 4.98 Å². The zero-order valence-corrected chi connectivity index (χ0v) is 13.8. The van der Waals surface area contributed by atoms with Crippen LogP contribution in [0.4, 0.5) is 0 Å². The van der Waals surface area contributed by atoms with Crippen LogP contribution < -0.4 is 0 Å². The monoisotopic (exact) mass is 323 g/mol. The van der Waals surface area contributed by atoms with Crippen LogP contribution in [0.25, 0.3) is 0 Å². The van der Waals surface area contributed by atoms with E-state index in [9.17, 15) is 4.79 Å². The van der Waals surface area contributed by atoms with Crippen molar-refractivity contribution in [1.82, 2.24) is 4.98 Å². The van der Waals surface area contributed by atoms with Crippen molar-refractivity contribution in [2.75, 3.05) is 0 Å². The summed E-state index contributed by atoms with van der Waals surface area (Å²) in [5, 5.41) is 1.73. The highest BCUT2D eigenvalue weighted by Crippen LogP contribution is 2.18. The van der Waals surface area contributed by atoms with Gasteiger partial charge in [-0.25, -0.2) is 4.98 Å². The van der Waals surface area contributed by atoms with Gasteiger partial charge in [-0.15, -0.1) is 11.3 Å². The molecule has 1 aromatic heterocycles. The minimum absolute atomic E-state index is 0.158. The van der Waals surface area contributed by atoms with Crippen LogP contribution in [-0.4, -0.2) is 11.0 Å². The van der Waals surface area contributed by atoms with Gasteiger partial charge < -0.3 is 4.74 Å². The quantitative estimate of drug-likeness (QED) is 0.736. The Balaban J connectivity index is 1.70. The highest BCUT2D eigenvalue weighted by Gasteiger charge is 2.08. The summed E-state index contributed by atoms with van der Waals surface area (Å²) in [6.07, 6.45) is 2.06. The Morgan fingerprint density at radius 3 is 2.62 bits per heavy atom. The molecule has 0 saturated carbocycles. The van der Waals surface area contributed by atoms with Gasteiger partial charge in [-0.05, 0) is 44.4 Å². The van der Waals surface area contributed by atoms with Crippen LogP contribution in [0.3, 0.4) is 0 Å². The molecular weight excluding hydrogens is 306 g/mol.